The molecule has 4 heteroatoms. The van der Waals surface area contributed by atoms with Crippen molar-refractivity contribution in [3.8, 4) is 11.3 Å². The molecule has 0 bridgehead atoms. The molecule has 1 aliphatic rings. The Morgan fingerprint density at radius 1 is 1.29 bits per heavy atom. The summed E-state index contributed by atoms with van der Waals surface area (Å²) in [5.74, 6) is 0.817. The number of rotatable bonds is 0. The van der Waals surface area contributed by atoms with Crippen LogP contribution in [0, 0.1) is 6.92 Å². The molecule has 2 aromatic heterocycles. The molecule has 2 aromatic rings. The van der Waals surface area contributed by atoms with Crippen LogP contribution in [0.15, 0.2) is 12.4 Å². The van der Waals surface area contributed by atoms with Crippen LogP contribution in [0.25, 0.3) is 11.3 Å². The van der Waals surface area contributed by atoms with Gasteiger partial charge in [0.1, 0.15) is 5.82 Å². The fraction of sp³-hybridized carbons (Fsp3) is 0.300. The summed E-state index contributed by atoms with van der Waals surface area (Å²) < 4.78 is 0. The summed E-state index contributed by atoms with van der Waals surface area (Å²) in [5.41, 5.74) is 4.60. The molecule has 0 fully saturated rings. The van der Waals surface area contributed by atoms with E-state index in [2.05, 4.69) is 20.2 Å². The van der Waals surface area contributed by atoms with Gasteiger partial charge in [-0.3, -0.25) is 5.10 Å². The van der Waals surface area contributed by atoms with Gasteiger partial charge in [0.15, 0.2) is 0 Å². The van der Waals surface area contributed by atoms with Gasteiger partial charge in [-0.1, -0.05) is 0 Å². The largest absolute Gasteiger partial charge is 0.282 e. The number of aromatic nitrogens is 4. The maximum absolute atomic E-state index is 4.46. The highest BCUT2D eigenvalue weighted by Gasteiger charge is 2.19. The SMILES string of the molecule is Cc1ncc2c(n1)-c1cn[nH]c1CC2. The van der Waals surface area contributed by atoms with Gasteiger partial charge in [0.05, 0.1) is 11.9 Å². The monoisotopic (exact) mass is 186 g/mol. The Kier molecular flexibility index (Phi) is 1.45. The van der Waals surface area contributed by atoms with Gasteiger partial charge in [0, 0.05) is 17.5 Å². The second kappa shape index (κ2) is 2.64. The van der Waals surface area contributed by atoms with E-state index in [1.54, 1.807) is 0 Å². The minimum absolute atomic E-state index is 0.817. The molecular weight excluding hydrogens is 176 g/mol. The first-order valence-electron chi connectivity index (χ1n) is 4.70. The number of H-pyrrole nitrogens is 1. The molecule has 0 saturated heterocycles. The van der Waals surface area contributed by atoms with Crippen LogP contribution in [0.4, 0.5) is 0 Å². The quantitative estimate of drug-likeness (QED) is 0.674. The van der Waals surface area contributed by atoms with Crippen LogP contribution < -0.4 is 0 Å². The topological polar surface area (TPSA) is 54.5 Å². The van der Waals surface area contributed by atoms with Gasteiger partial charge in [0.25, 0.3) is 0 Å². The Balaban J connectivity index is 2.28. The van der Waals surface area contributed by atoms with Gasteiger partial charge in [-0.15, -0.1) is 0 Å². The van der Waals surface area contributed by atoms with Crippen LogP contribution in [-0.2, 0) is 12.8 Å². The van der Waals surface area contributed by atoms with Crippen molar-refractivity contribution in [1.29, 1.82) is 0 Å². The van der Waals surface area contributed by atoms with Crippen LogP contribution in [0.2, 0.25) is 0 Å². The second-order valence-corrected chi connectivity index (χ2v) is 3.55. The fourth-order valence-corrected chi connectivity index (χ4v) is 1.88. The number of aromatic amines is 1. The molecule has 2 heterocycles. The Morgan fingerprint density at radius 3 is 3.14 bits per heavy atom. The van der Waals surface area contributed by atoms with Gasteiger partial charge < -0.3 is 0 Å². The minimum atomic E-state index is 0.817. The van der Waals surface area contributed by atoms with E-state index < -0.39 is 0 Å². The fourth-order valence-electron chi connectivity index (χ4n) is 1.88. The molecule has 3 rings (SSSR count). The molecule has 0 amide bonds. The van der Waals surface area contributed by atoms with Crippen LogP contribution in [0.1, 0.15) is 17.1 Å². The zero-order valence-corrected chi connectivity index (χ0v) is 7.91. The number of nitrogens with one attached hydrogen (secondary N) is 1. The predicted molar refractivity (Wildman–Crippen MR) is 51.8 cm³/mol. The summed E-state index contributed by atoms with van der Waals surface area (Å²) in [4.78, 5) is 8.66. The first-order valence-corrected chi connectivity index (χ1v) is 4.70. The van der Waals surface area contributed by atoms with Gasteiger partial charge in [-0.05, 0) is 25.3 Å². The Morgan fingerprint density at radius 2 is 2.21 bits per heavy atom. The number of hydrogen-bond acceptors (Lipinski definition) is 3. The van der Waals surface area contributed by atoms with E-state index in [-0.39, 0.29) is 0 Å². The molecule has 1 aliphatic carbocycles. The molecule has 0 radical (unpaired) electrons. The van der Waals surface area contributed by atoms with Crippen LogP contribution in [0.3, 0.4) is 0 Å². The number of nitrogens with zero attached hydrogens (tertiary/aromatic N) is 3. The average Bonchev–Trinajstić information content (AvgIpc) is 2.65. The number of aryl methyl sites for hydroxylation is 3. The summed E-state index contributed by atoms with van der Waals surface area (Å²) in [6, 6.07) is 0. The zero-order chi connectivity index (χ0) is 9.54. The normalized spacial score (nSPS) is 13.5. The maximum atomic E-state index is 4.46. The molecule has 14 heavy (non-hydrogen) atoms. The van der Waals surface area contributed by atoms with Gasteiger partial charge in [-0.2, -0.15) is 5.10 Å². The van der Waals surface area contributed by atoms with Crippen molar-refractivity contribution in [3.63, 3.8) is 0 Å². The Labute approximate surface area is 81.4 Å². The van der Waals surface area contributed by atoms with E-state index in [1.165, 1.54) is 11.3 Å². The van der Waals surface area contributed by atoms with E-state index in [9.17, 15) is 0 Å². The van der Waals surface area contributed by atoms with Crippen molar-refractivity contribution >= 4 is 0 Å². The molecule has 0 spiro atoms. The third kappa shape index (κ3) is 0.968. The predicted octanol–water partition coefficient (Wildman–Crippen LogP) is 1.27. The van der Waals surface area contributed by atoms with Crippen molar-refractivity contribution in [2.24, 2.45) is 0 Å². The summed E-state index contributed by atoms with van der Waals surface area (Å²) in [6.07, 6.45) is 5.78. The summed E-state index contributed by atoms with van der Waals surface area (Å²) in [5, 5.41) is 7.05. The molecule has 4 nitrogen and oxygen atoms in total. The molecule has 70 valence electrons. The van der Waals surface area contributed by atoms with Crippen LogP contribution >= 0.6 is 0 Å². The molecule has 0 saturated carbocycles. The average molecular weight is 186 g/mol. The lowest BCUT2D eigenvalue weighted by molar-refractivity contribution is 0.858. The summed E-state index contributed by atoms with van der Waals surface area (Å²) in [7, 11) is 0. The van der Waals surface area contributed by atoms with Gasteiger partial charge in [0.2, 0.25) is 0 Å². The van der Waals surface area contributed by atoms with Crippen molar-refractivity contribution < 1.29 is 0 Å². The zero-order valence-electron chi connectivity index (χ0n) is 7.91. The summed E-state index contributed by atoms with van der Waals surface area (Å²) >= 11 is 0. The van der Waals surface area contributed by atoms with E-state index in [4.69, 9.17) is 0 Å². The molecule has 0 aromatic carbocycles. The lowest BCUT2D eigenvalue weighted by Crippen LogP contribution is -2.06. The molecule has 0 aliphatic heterocycles. The molecule has 1 N–H and O–H groups in total. The lowest BCUT2D eigenvalue weighted by Gasteiger charge is -2.13. The first-order chi connectivity index (χ1) is 6.84. The lowest BCUT2D eigenvalue weighted by atomic mass is 9.95. The maximum Gasteiger partial charge on any atom is 0.125 e. The summed E-state index contributed by atoms with van der Waals surface area (Å²) in [6.45, 7) is 1.91. The van der Waals surface area contributed by atoms with Crippen molar-refractivity contribution in [2.75, 3.05) is 0 Å². The first kappa shape index (κ1) is 7.67. The number of fused-ring (bicyclic) bond motifs is 3. The molecule has 0 unspecified atom stereocenters. The van der Waals surface area contributed by atoms with Gasteiger partial charge >= 0.3 is 0 Å². The van der Waals surface area contributed by atoms with Crippen LogP contribution in [-0.4, -0.2) is 20.2 Å². The minimum Gasteiger partial charge on any atom is -0.282 e. The molecular formula is C10H10N4. The third-order valence-corrected chi connectivity index (χ3v) is 2.60. The standard InChI is InChI=1S/C10H10N4/c1-6-11-4-7-2-3-9-8(5-12-14-9)10(7)13-6/h4-5H,2-3H2,1H3,(H,12,14). The van der Waals surface area contributed by atoms with E-state index in [1.807, 2.05) is 19.3 Å². The second-order valence-electron chi connectivity index (χ2n) is 3.55. The number of hydrogen-bond donors (Lipinski definition) is 1. The van der Waals surface area contributed by atoms with Crippen molar-refractivity contribution in [3.05, 3.63) is 29.5 Å². The Bertz CT molecular complexity index is 487. The van der Waals surface area contributed by atoms with E-state index in [0.717, 1.165) is 29.9 Å². The van der Waals surface area contributed by atoms with Crippen molar-refractivity contribution in [1.82, 2.24) is 20.2 Å². The highest BCUT2D eigenvalue weighted by atomic mass is 15.1. The van der Waals surface area contributed by atoms with E-state index in [0.29, 0.717) is 0 Å². The van der Waals surface area contributed by atoms with E-state index >= 15 is 0 Å². The van der Waals surface area contributed by atoms with Gasteiger partial charge in [-0.25, -0.2) is 9.97 Å². The highest BCUT2D eigenvalue weighted by molar-refractivity contribution is 5.66. The molecule has 0 atom stereocenters. The van der Waals surface area contributed by atoms with Crippen molar-refractivity contribution in [2.45, 2.75) is 19.8 Å². The third-order valence-electron chi connectivity index (χ3n) is 2.60. The smallest absolute Gasteiger partial charge is 0.125 e. The van der Waals surface area contributed by atoms with Crippen LogP contribution in [0.5, 0.6) is 0 Å². The highest BCUT2D eigenvalue weighted by Crippen LogP contribution is 2.29. The Hall–Kier alpha value is -1.71.